The average Bonchev–Trinajstić information content (AvgIpc) is 3.06. The third-order valence-electron chi connectivity index (χ3n) is 4.56. The fraction of sp³-hybridized carbons (Fsp3) is 0.588. The van der Waals surface area contributed by atoms with Gasteiger partial charge in [0.25, 0.3) is 0 Å². The van der Waals surface area contributed by atoms with Crippen LogP contribution >= 0.6 is 11.6 Å². The predicted octanol–water partition coefficient (Wildman–Crippen LogP) is 5.45. The van der Waals surface area contributed by atoms with Crippen LogP contribution in [0.15, 0.2) is 18.2 Å². The number of fused-ring (bicyclic) bond motifs is 1. The normalized spacial score (nSPS) is 17.7. The topological polar surface area (TPSA) is 17.8 Å². The number of aromatic nitrogens is 2. The first-order valence-corrected chi connectivity index (χ1v) is 8.38. The van der Waals surface area contributed by atoms with Crippen molar-refractivity contribution in [1.29, 1.82) is 0 Å². The minimum absolute atomic E-state index is 0.160. The van der Waals surface area contributed by atoms with Gasteiger partial charge in [0.15, 0.2) is 0 Å². The first kappa shape index (κ1) is 14.8. The SMILES string of the molecule is CC(Cl)c1nc2cc(F)ccc2n1CCCC1CCCC1. The second kappa shape index (κ2) is 6.35. The highest BCUT2D eigenvalue weighted by atomic mass is 35.5. The Morgan fingerprint density at radius 3 is 2.86 bits per heavy atom. The first-order chi connectivity index (χ1) is 10.1. The van der Waals surface area contributed by atoms with Crippen molar-refractivity contribution in [2.75, 3.05) is 0 Å². The van der Waals surface area contributed by atoms with E-state index < -0.39 is 0 Å². The van der Waals surface area contributed by atoms with Crippen LogP contribution in [0.1, 0.15) is 56.7 Å². The molecule has 1 aromatic heterocycles. The Morgan fingerprint density at radius 2 is 2.14 bits per heavy atom. The number of nitrogens with zero attached hydrogens (tertiary/aromatic N) is 2. The molecule has 0 bridgehead atoms. The molecule has 1 atom stereocenters. The Balaban J connectivity index is 1.79. The van der Waals surface area contributed by atoms with Crippen LogP contribution < -0.4 is 0 Å². The zero-order chi connectivity index (χ0) is 14.8. The van der Waals surface area contributed by atoms with Gasteiger partial charge in [-0.25, -0.2) is 9.37 Å². The molecule has 3 rings (SSSR count). The van der Waals surface area contributed by atoms with Crippen molar-refractivity contribution >= 4 is 22.6 Å². The zero-order valence-corrected chi connectivity index (χ0v) is 13.2. The van der Waals surface area contributed by atoms with Crippen LogP contribution in [0.25, 0.3) is 11.0 Å². The number of aryl methyl sites for hydroxylation is 1. The van der Waals surface area contributed by atoms with Crippen molar-refractivity contribution in [3.05, 3.63) is 29.8 Å². The minimum atomic E-state index is -0.244. The van der Waals surface area contributed by atoms with Gasteiger partial charge in [-0.05, 0) is 37.8 Å². The van der Waals surface area contributed by atoms with Crippen molar-refractivity contribution in [3.8, 4) is 0 Å². The number of alkyl halides is 1. The predicted molar refractivity (Wildman–Crippen MR) is 85.2 cm³/mol. The fourth-order valence-electron chi connectivity index (χ4n) is 3.50. The van der Waals surface area contributed by atoms with E-state index in [2.05, 4.69) is 9.55 Å². The summed E-state index contributed by atoms with van der Waals surface area (Å²) < 4.78 is 15.5. The first-order valence-electron chi connectivity index (χ1n) is 7.95. The molecule has 0 spiro atoms. The molecular formula is C17H22ClFN2. The summed E-state index contributed by atoms with van der Waals surface area (Å²) in [6, 6.07) is 4.81. The summed E-state index contributed by atoms with van der Waals surface area (Å²) in [5, 5.41) is -0.160. The number of halogens is 2. The Labute approximate surface area is 130 Å². The van der Waals surface area contributed by atoms with Crippen LogP contribution in [0.2, 0.25) is 0 Å². The summed E-state index contributed by atoms with van der Waals surface area (Å²) in [6.07, 6.45) is 7.97. The van der Waals surface area contributed by atoms with Gasteiger partial charge in [-0.2, -0.15) is 0 Å². The molecule has 4 heteroatoms. The van der Waals surface area contributed by atoms with Gasteiger partial charge in [0.05, 0.1) is 16.4 Å². The lowest BCUT2D eigenvalue weighted by atomic mass is 10.0. The van der Waals surface area contributed by atoms with Crippen LogP contribution in [-0.2, 0) is 6.54 Å². The van der Waals surface area contributed by atoms with Gasteiger partial charge in [0.1, 0.15) is 11.6 Å². The van der Waals surface area contributed by atoms with E-state index in [4.69, 9.17) is 11.6 Å². The van der Waals surface area contributed by atoms with Crippen molar-refractivity contribution in [2.24, 2.45) is 5.92 Å². The van der Waals surface area contributed by atoms with E-state index >= 15 is 0 Å². The van der Waals surface area contributed by atoms with E-state index in [1.165, 1.54) is 44.2 Å². The largest absolute Gasteiger partial charge is 0.327 e. The van der Waals surface area contributed by atoms with E-state index in [9.17, 15) is 4.39 Å². The molecule has 1 saturated carbocycles. The smallest absolute Gasteiger partial charge is 0.127 e. The molecule has 0 amide bonds. The third kappa shape index (κ3) is 3.23. The average molecular weight is 309 g/mol. The second-order valence-electron chi connectivity index (χ2n) is 6.16. The van der Waals surface area contributed by atoms with Crippen LogP contribution in [0.5, 0.6) is 0 Å². The fourth-order valence-corrected chi connectivity index (χ4v) is 3.66. The quantitative estimate of drug-likeness (QED) is 0.672. The number of imidazole rings is 1. The van der Waals surface area contributed by atoms with E-state index in [0.717, 1.165) is 30.2 Å². The van der Waals surface area contributed by atoms with Crippen molar-refractivity contribution in [1.82, 2.24) is 9.55 Å². The molecular weight excluding hydrogens is 287 g/mol. The van der Waals surface area contributed by atoms with Gasteiger partial charge < -0.3 is 4.57 Å². The number of benzene rings is 1. The molecule has 2 nitrogen and oxygen atoms in total. The monoisotopic (exact) mass is 308 g/mol. The Hall–Kier alpha value is -1.09. The summed E-state index contributed by atoms with van der Waals surface area (Å²) >= 11 is 6.25. The Bertz CT molecular complexity index is 615. The maximum absolute atomic E-state index is 13.4. The van der Waals surface area contributed by atoms with Gasteiger partial charge in [0, 0.05) is 12.6 Å². The molecule has 1 unspecified atom stereocenters. The number of hydrogen-bond donors (Lipinski definition) is 0. The lowest BCUT2D eigenvalue weighted by Gasteiger charge is -2.12. The minimum Gasteiger partial charge on any atom is -0.327 e. The summed E-state index contributed by atoms with van der Waals surface area (Å²) in [5.74, 6) is 1.50. The van der Waals surface area contributed by atoms with Gasteiger partial charge in [-0.3, -0.25) is 0 Å². The molecule has 0 radical (unpaired) electrons. The Morgan fingerprint density at radius 1 is 1.38 bits per heavy atom. The molecule has 1 aromatic carbocycles. The van der Waals surface area contributed by atoms with Crippen LogP contribution in [-0.4, -0.2) is 9.55 Å². The summed E-state index contributed by atoms with van der Waals surface area (Å²) in [6.45, 7) is 2.84. The molecule has 114 valence electrons. The van der Waals surface area contributed by atoms with Gasteiger partial charge in [0.2, 0.25) is 0 Å². The number of rotatable bonds is 5. The summed E-state index contributed by atoms with van der Waals surface area (Å²) in [4.78, 5) is 4.51. The molecule has 2 aromatic rings. The van der Waals surface area contributed by atoms with Crippen molar-refractivity contribution < 1.29 is 4.39 Å². The maximum Gasteiger partial charge on any atom is 0.127 e. The lowest BCUT2D eigenvalue weighted by molar-refractivity contribution is 0.457. The van der Waals surface area contributed by atoms with Gasteiger partial charge in [-0.1, -0.05) is 25.7 Å². The van der Waals surface area contributed by atoms with E-state index in [1.54, 1.807) is 0 Å². The molecule has 0 aliphatic heterocycles. The van der Waals surface area contributed by atoms with Crippen molar-refractivity contribution in [2.45, 2.75) is 57.4 Å². The molecule has 1 heterocycles. The van der Waals surface area contributed by atoms with Crippen LogP contribution in [0, 0.1) is 11.7 Å². The van der Waals surface area contributed by atoms with Crippen LogP contribution in [0.4, 0.5) is 4.39 Å². The van der Waals surface area contributed by atoms with Gasteiger partial charge >= 0.3 is 0 Å². The number of hydrogen-bond acceptors (Lipinski definition) is 1. The van der Waals surface area contributed by atoms with E-state index in [-0.39, 0.29) is 11.2 Å². The molecule has 1 aliphatic rings. The molecule has 1 aliphatic carbocycles. The lowest BCUT2D eigenvalue weighted by Crippen LogP contribution is -2.06. The highest BCUT2D eigenvalue weighted by Crippen LogP contribution is 2.30. The highest BCUT2D eigenvalue weighted by molar-refractivity contribution is 6.20. The molecule has 0 saturated heterocycles. The molecule has 0 N–H and O–H groups in total. The summed E-state index contributed by atoms with van der Waals surface area (Å²) in [5.41, 5.74) is 1.70. The zero-order valence-electron chi connectivity index (χ0n) is 12.5. The van der Waals surface area contributed by atoms with Gasteiger partial charge in [-0.15, -0.1) is 11.6 Å². The highest BCUT2D eigenvalue weighted by Gasteiger charge is 2.17. The van der Waals surface area contributed by atoms with Crippen LogP contribution in [0.3, 0.4) is 0 Å². The molecule has 1 fully saturated rings. The third-order valence-corrected chi connectivity index (χ3v) is 4.76. The second-order valence-corrected chi connectivity index (χ2v) is 6.82. The van der Waals surface area contributed by atoms with Crippen molar-refractivity contribution in [3.63, 3.8) is 0 Å². The standard InChI is InChI=1S/C17H22ClFN2/c1-12(18)17-20-15-11-14(19)8-9-16(15)21(17)10-4-7-13-5-2-3-6-13/h8-9,11-13H,2-7,10H2,1H3. The maximum atomic E-state index is 13.4. The van der Waals surface area contributed by atoms with E-state index in [0.29, 0.717) is 5.52 Å². The molecule has 21 heavy (non-hydrogen) atoms. The summed E-state index contributed by atoms with van der Waals surface area (Å²) in [7, 11) is 0. The van der Waals surface area contributed by atoms with E-state index in [1.807, 2.05) is 13.0 Å². The Kier molecular flexibility index (Phi) is 4.48.